The first-order valence-electron chi connectivity index (χ1n) is 7.09. The highest BCUT2D eigenvalue weighted by Gasteiger charge is 2.65. The van der Waals surface area contributed by atoms with Gasteiger partial charge in [-0.3, -0.25) is 0 Å². The number of nitrogens with zero attached hydrogens (tertiary/aromatic N) is 2. The highest BCUT2D eigenvalue weighted by atomic mass is 19.4. The highest BCUT2D eigenvalue weighted by Crippen LogP contribution is 2.52. The molecular weight excluding hydrogens is 315 g/mol. The van der Waals surface area contributed by atoms with Crippen molar-refractivity contribution in [3.8, 4) is 5.75 Å². The third-order valence-corrected chi connectivity index (χ3v) is 3.06. The number of ether oxygens (including phenoxy) is 3. The van der Waals surface area contributed by atoms with Crippen LogP contribution in [0.1, 0.15) is 5.56 Å². The van der Waals surface area contributed by atoms with Gasteiger partial charge in [0.1, 0.15) is 12.4 Å². The predicted molar refractivity (Wildman–Crippen MR) is 75.2 cm³/mol. The zero-order valence-electron chi connectivity index (χ0n) is 12.4. The normalized spacial score (nSPS) is 15.7. The van der Waals surface area contributed by atoms with Crippen molar-refractivity contribution < 1.29 is 27.4 Å². The lowest BCUT2D eigenvalue weighted by Crippen LogP contribution is -2.30. The maximum absolute atomic E-state index is 12.9. The van der Waals surface area contributed by atoms with Gasteiger partial charge in [-0.2, -0.15) is 13.2 Å². The Morgan fingerprint density at radius 3 is 2.26 bits per heavy atom. The van der Waals surface area contributed by atoms with Crippen molar-refractivity contribution in [2.75, 3.05) is 39.6 Å². The van der Waals surface area contributed by atoms with E-state index < -0.39 is 11.8 Å². The lowest BCUT2D eigenvalue weighted by molar-refractivity contribution is -0.166. The lowest BCUT2D eigenvalue weighted by atomic mass is 10.0. The quantitative estimate of drug-likeness (QED) is 0.666. The van der Waals surface area contributed by atoms with Crippen molar-refractivity contribution in [3.05, 3.63) is 29.8 Å². The van der Waals surface area contributed by atoms with Gasteiger partial charge in [-0.1, -0.05) is 12.1 Å². The summed E-state index contributed by atoms with van der Waals surface area (Å²) in [6.45, 7) is 2.28. The number of alkyl halides is 3. The Hall–Kier alpha value is -1.71. The Labute approximate surface area is 131 Å². The van der Waals surface area contributed by atoms with Crippen LogP contribution in [0.15, 0.2) is 34.5 Å². The van der Waals surface area contributed by atoms with Crippen LogP contribution in [0.5, 0.6) is 5.75 Å². The second kappa shape index (κ2) is 7.71. The maximum atomic E-state index is 12.9. The predicted octanol–water partition coefficient (Wildman–Crippen LogP) is 2.24. The van der Waals surface area contributed by atoms with Gasteiger partial charge in [0.05, 0.1) is 26.4 Å². The Kier molecular flexibility index (Phi) is 5.91. The minimum absolute atomic E-state index is 0.0568. The third-order valence-electron chi connectivity index (χ3n) is 3.06. The molecule has 1 heterocycles. The number of hydrogen-bond acceptors (Lipinski definition) is 6. The average Bonchev–Trinajstić information content (AvgIpc) is 3.32. The molecule has 1 aliphatic rings. The number of hydrogen-bond donors (Lipinski definition) is 1. The zero-order chi connectivity index (χ0) is 16.8. The summed E-state index contributed by atoms with van der Waals surface area (Å²) in [6.07, 6.45) is -4.54. The molecule has 0 unspecified atom stereocenters. The summed E-state index contributed by atoms with van der Waals surface area (Å²) in [5.41, 5.74) is 2.78. The van der Waals surface area contributed by atoms with E-state index in [0.717, 1.165) is 0 Å². The van der Waals surface area contributed by atoms with Gasteiger partial charge < -0.3 is 19.9 Å². The zero-order valence-corrected chi connectivity index (χ0v) is 12.4. The first-order chi connectivity index (χ1) is 11.0. The molecule has 0 atom stereocenters. The minimum atomic E-state index is -4.54. The van der Waals surface area contributed by atoms with E-state index in [-0.39, 0.29) is 12.2 Å². The van der Waals surface area contributed by atoms with Gasteiger partial charge in [0.15, 0.2) is 0 Å². The summed E-state index contributed by atoms with van der Waals surface area (Å²) in [5.74, 6) is 0.311. The van der Waals surface area contributed by atoms with E-state index in [2.05, 4.69) is 10.2 Å². The van der Waals surface area contributed by atoms with Crippen molar-refractivity contribution in [2.24, 2.45) is 16.0 Å². The molecule has 0 saturated carbocycles. The maximum Gasteiger partial charge on any atom is 0.442 e. The molecular formula is C14H18F3N3O3. The summed E-state index contributed by atoms with van der Waals surface area (Å²) in [7, 11) is 0. The molecule has 0 bridgehead atoms. The molecule has 23 heavy (non-hydrogen) atoms. The third kappa shape index (κ3) is 4.63. The van der Waals surface area contributed by atoms with Crippen molar-refractivity contribution in [2.45, 2.75) is 11.8 Å². The van der Waals surface area contributed by atoms with Crippen molar-refractivity contribution in [1.29, 1.82) is 0 Å². The molecule has 0 spiro atoms. The van der Waals surface area contributed by atoms with Crippen LogP contribution in [0.4, 0.5) is 13.2 Å². The van der Waals surface area contributed by atoms with Crippen LogP contribution >= 0.6 is 0 Å². The summed E-state index contributed by atoms with van der Waals surface area (Å²) in [6, 6.07) is 5.66. The molecule has 128 valence electrons. The van der Waals surface area contributed by atoms with E-state index in [4.69, 9.17) is 19.9 Å². The molecule has 0 saturated heterocycles. The van der Waals surface area contributed by atoms with Gasteiger partial charge >= 0.3 is 11.8 Å². The molecule has 0 amide bonds. The SMILES string of the molecule is NCCOCCOCCOc1cccc(C2(C(F)(F)F)N=N2)c1. The van der Waals surface area contributed by atoms with Gasteiger partial charge in [-0.15, -0.1) is 10.2 Å². The van der Waals surface area contributed by atoms with Crippen LogP contribution in [0.25, 0.3) is 0 Å². The fourth-order valence-corrected chi connectivity index (χ4v) is 1.87. The van der Waals surface area contributed by atoms with Gasteiger partial charge in [0.25, 0.3) is 0 Å². The Morgan fingerprint density at radius 1 is 1.00 bits per heavy atom. The van der Waals surface area contributed by atoms with E-state index in [1.54, 1.807) is 6.07 Å². The van der Waals surface area contributed by atoms with E-state index in [1.165, 1.54) is 18.2 Å². The summed E-state index contributed by atoms with van der Waals surface area (Å²) >= 11 is 0. The van der Waals surface area contributed by atoms with Crippen LogP contribution in [0.2, 0.25) is 0 Å². The second-order valence-corrected chi connectivity index (χ2v) is 4.76. The summed E-state index contributed by atoms with van der Waals surface area (Å²) < 4.78 is 54.5. The molecule has 1 aromatic rings. The van der Waals surface area contributed by atoms with E-state index in [9.17, 15) is 13.2 Å². The molecule has 2 N–H and O–H groups in total. The van der Waals surface area contributed by atoms with Crippen LogP contribution < -0.4 is 10.5 Å². The number of rotatable bonds is 10. The fourth-order valence-electron chi connectivity index (χ4n) is 1.87. The standard InChI is InChI=1S/C14H18F3N3O3/c15-14(16,17)13(19-20-13)11-2-1-3-12(10-11)23-9-8-22-7-6-21-5-4-18/h1-3,10H,4-9,18H2. The van der Waals surface area contributed by atoms with Crippen LogP contribution in [-0.4, -0.2) is 45.8 Å². The molecule has 0 aromatic heterocycles. The van der Waals surface area contributed by atoms with Crippen LogP contribution in [-0.2, 0) is 15.1 Å². The topological polar surface area (TPSA) is 78.4 Å². The number of benzene rings is 1. The van der Waals surface area contributed by atoms with Gasteiger partial charge in [-0.25, -0.2) is 0 Å². The molecule has 0 fully saturated rings. The minimum Gasteiger partial charge on any atom is -0.491 e. The smallest absolute Gasteiger partial charge is 0.442 e. The molecule has 0 aliphatic carbocycles. The molecule has 6 nitrogen and oxygen atoms in total. The Bertz CT molecular complexity index is 531. The number of nitrogens with two attached hydrogens (primary N) is 1. The van der Waals surface area contributed by atoms with Gasteiger partial charge in [0.2, 0.25) is 0 Å². The van der Waals surface area contributed by atoms with E-state index in [1.807, 2.05) is 0 Å². The summed E-state index contributed by atoms with van der Waals surface area (Å²) in [5, 5.41) is 6.32. The Morgan fingerprint density at radius 2 is 1.65 bits per heavy atom. The van der Waals surface area contributed by atoms with Crippen LogP contribution in [0.3, 0.4) is 0 Å². The fraction of sp³-hybridized carbons (Fsp3) is 0.571. The largest absolute Gasteiger partial charge is 0.491 e. The van der Waals surface area contributed by atoms with Crippen LogP contribution in [0, 0.1) is 0 Å². The first-order valence-corrected chi connectivity index (χ1v) is 7.09. The number of halogens is 3. The van der Waals surface area contributed by atoms with E-state index in [0.29, 0.717) is 38.7 Å². The average molecular weight is 333 g/mol. The van der Waals surface area contributed by atoms with Gasteiger partial charge in [-0.05, 0) is 12.1 Å². The second-order valence-electron chi connectivity index (χ2n) is 4.76. The first kappa shape index (κ1) is 17.6. The highest BCUT2D eigenvalue weighted by molar-refractivity contribution is 5.36. The molecule has 1 aromatic carbocycles. The summed E-state index contributed by atoms with van der Waals surface area (Å²) in [4.78, 5) is 0. The van der Waals surface area contributed by atoms with Gasteiger partial charge in [0, 0.05) is 12.1 Å². The van der Waals surface area contributed by atoms with Crippen molar-refractivity contribution >= 4 is 0 Å². The van der Waals surface area contributed by atoms with Crippen molar-refractivity contribution in [1.82, 2.24) is 0 Å². The van der Waals surface area contributed by atoms with E-state index >= 15 is 0 Å². The molecule has 2 rings (SSSR count). The molecule has 9 heteroatoms. The molecule has 1 aliphatic heterocycles. The monoisotopic (exact) mass is 333 g/mol. The Balaban J connectivity index is 1.74. The lowest BCUT2D eigenvalue weighted by Gasteiger charge is -2.15. The molecule has 0 radical (unpaired) electrons. The van der Waals surface area contributed by atoms with Crippen molar-refractivity contribution in [3.63, 3.8) is 0 Å².